The monoisotopic (exact) mass is 286 g/mol. The molecule has 2 aliphatic rings. The maximum atomic E-state index is 12.1. The molecule has 21 heavy (non-hydrogen) atoms. The molecule has 0 radical (unpaired) electrons. The summed E-state index contributed by atoms with van der Waals surface area (Å²) in [5.41, 5.74) is 3.35. The summed E-state index contributed by atoms with van der Waals surface area (Å²) in [4.78, 5) is 12.1. The first-order chi connectivity index (χ1) is 10.2. The maximum Gasteiger partial charge on any atom is 0.251 e. The Morgan fingerprint density at radius 1 is 1.38 bits per heavy atom. The normalized spacial score (nSPS) is 20.6. The highest BCUT2D eigenvalue weighted by Gasteiger charge is 2.34. The maximum absolute atomic E-state index is 12.1. The Bertz CT molecular complexity index is 522. The lowest BCUT2D eigenvalue weighted by Gasteiger charge is -2.27. The summed E-state index contributed by atoms with van der Waals surface area (Å²) in [5.74, 6) is 1.58. The molecule has 1 aromatic rings. The molecule has 2 N–H and O–H groups in total. The van der Waals surface area contributed by atoms with Crippen LogP contribution in [0, 0.1) is 11.8 Å². The largest absolute Gasteiger partial charge is 0.352 e. The Hall–Kier alpha value is -1.35. The van der Waals surface area contributed by atoms with Gasteiger partial charge >= 0.3 is 0 Å². The molecule has 1 aromatic carbocycles. The summed E-state index contributed by atoms with van der Waals surface area (Å²) >= 11 is 0. The van der Waals surface area contributed by atoms with Crippen molar-refractivity contribution >= 4 is 5.91 Å². The van der Waals surface area contributed by atoms with Gasteiger partial charge in [0.1, 0.15) is 0 Å². The molecule has 1 aliphatic carbocycles. The first-order valence-corrected chi connectivity index (χ1v) is 8.35. The van der Waals surface area contributed by atoms with E-state index >= 15 is 0 Å². The van der Waals surface area contributed by atoms with Crippen molar-refractivity contribution in [1.82, 2.24) is 10.6 Å². The Labute approximate surface area is 127 Å². The van der Waals surface area contributed by atoms with Crippen molar-refractivity contribution in [3.05, 3.63) is 34.9 Å². The van der Waals surface area contributed by atoms with Gasteiger partial charge in [-0.25, -0.2) is 0 Å². The molecule has 1 fully saturated rings. The first-order valence-electron chi connectivity index (χ1n) is 8.35. The predicted molar refractivity (Wildman–Crippen MR) is 85.4 cm³/mol. The van der Waals surface area contributed by atoms with Crippen LogP contribution in [0.1, 0.15) is 60.6 Å². The molecular formula is C18H26N2O. The van der Waals surface area contributed by atoms with Crippen molar-refractivity contribution in [3.8, 4) is 0 Å². The van der Waals surface area contributed by atoms with E-state index in [4.69, 9.17) is 0 Å². The van der Waals surface area contributed by atoms with Crippen molar-refractivity contribution in [1.29, 1.82) is 0 Å². The molecular weight excluding hydrogens is 260 g/mol. The average Bonchev–Trinajstić information content (AvgIpc) is 3.33. The van der Waals surface area contributed by atoms with Gasteiger partial charge in [-0.15, -0.1) is 0 Å². The molecule has 0 spiro atoms. The van der Waals surface area contributed by atoms with Gasteiger partial charge in [-0.05, 0) is 61.3 Å². The van der Waals surface area contributed by atoms with Crippen LogP contribution in [-0.2, 0) is 6.42 Å². The molecule has 0 aromatic heterocycles. The quantitative estimate of drug-likeness (QED) is 0.844. The summed E-state index contributed by atoms with van der Waals surface area (Å²) < 4.78 is 0. The summed E-state index contributed by atoms with van der Waals surface area (Å²) in [6.45, 7) is 6.35. The van der Waals surface area contributed by atoms with Gasteiger partial charge in [0, 0.05) is 18.2 Å². The van der Waals surface area contributed by atoms with Crippen LogP contribution < -0.4 is 10.6 Å². The average molecular weight is 286 g/mol. The SMILES string of the molecule is CCCNC(c1ccc2c(c1)C(=O)NCC2)C(C)C1CC1. The minimum Gasteiger partial charge on any atom is -0.352 e. The summed E-state index contributed by atoms with van der Waals surface area (Å²) in [6.07, 6.45) is 4.81. The van der Waals surface area contributed by atoms with E-state index in [1.165, 1.54) is 24.0 Å². The predicted octanol–water partition coefficient (Wildman–Crippen LogP) is 3.06. The zero-order valence-electron chi connectivity index (χ0n) is 13.1. The second kappa shape index (κ2) is 6.18. The zero-order chi connectivity index (χ0) is 14.8. The number of carbonyl (C=O) groups is 1. The lowest BCUT2D eigenvalue weighted by Crippen LogP contribution is -2.33. The number of hydrogen-bond donors (Lipinski definition) is 2. The van der Waals surface area contributed by atoms with Gasteiger partial charge in [0.05, 0.1) is 0 Å². The van der Waals surface area contributed by atoms with Gasteiger partial charge in [0.25, 0.3) is 5.91 Å². The smallest absolute Gasteiger partial charge is 0.251 e. The van der Waals surface area contributed by atoms with Crippen LogP contribution in [-0.4, -0.2) is 19.0 Å². The van der Waals surface area contributed by atoms with Gasteiger partial charge in [-0.1, -0.05) is 26.0 Å². The molecule has 2 unspecified atom stereocenters. The Morgan fingerprint density at radius 2 is 2.19 bits per heavy atom. The van der Waals surface area contributed by atoms with Crippen molar-refractivity contribution in [2.45, 2.75) is 45.6 Å². The Kier molecular flexibility index (Phi) is 4.29. The van der Waals surface area contributed by atoms with E-state index < -0.39 is 0 Å². The third kappa shape index (κ3) is 3.13. The van der Waals surface area contributed by atoms with Crippen LogP contribution in [0.3, 0.4) is 0 Å². The number of nitrogens with one attached hydrogen (secondary N) is 2. The molecule has 1 heterocycles. The third-order valence-corrected chi connectivity index (χ3v) is 4.92. The van der Waals surface area contributed by atoms with E-state index in [1.807, 2.05) is 0 Å². The van der Waals surface area contributed by atoms with Crippen LogP contribution in [0.25, 0.3) is 0 Å². The van der Waals surface area contributed by atoms with E-state index in [0.29, 0.717) is 12.0 Å². The molecule has 2 atom stereocenters. The number of fused-ring (bicyclic) bond motifs is 1. The lowest BCUT2D eigenvalue weighted by atomic mass is 9.87. The van der Waals surface area contributed by atoms with E-state index in [9.17, 15) is 4.79 Å². The number of rotatable bonds is 6. The summed E-state index contributed by atoms with van der Waals surface area (Å²) in [6, 6.07) is 6.88. The number of carbonyl (C=O) groups excluding carboxylic acids is 1. The van der Waals surface area contributed by atoms with Gasteiger partial charge in [-0.3, -0.25) is 4.79 Å². The van der Waals surface area contributed by atoms with Gasteiger partial charge in [0.2, 0.25) is 0 Å². The first kappa shape index (κ1) is 14.6. The van der Waals surface area contributed by atoms with E-state index in [-0.39, 0.29) is 5.91 Å². The minimum atomic E-state index is 0.0893. The molecule has 0 bridgehead atoms. The van der Waals surface area contributed by atoms with E-state index in [0.717, 1.165) is 37.4 Å². The Balaban J connectivity index is 1.87. The second-order valence-corrected chi connectivity index (χ2v) is 6.55. The zero-order valence-corrected chi connectivity index (χ0v) is 13.1. The number of benzene rings is 1. The van der Waals surface area contributed by atoms with Crippen LogP contribution in [0.4, 0.5) is 0 Å². The number of hydrogen-bond acceptors (Lipinski definition) is 2. The summed E-state index contributed by atoms with van der Waals surface area (Å²) in [7, 11) is 0. The topological polar surface area (TPSA) is 41.1 Å². The highest BCUT2D eigenvalue weighted by molar-refractivity contribution is 5.96. The molecule has 3 heteroatoms. The molecule has 114 valence electrons. The van der Waals surface area contributed by atoms with Crippen molar-refractivity contribution in [2.75, 3.05) is 13.1 Å². The van der Waals surface area contributed by atoms with Gasteiger partial charge in [-0.2, -0.15) is 0 Å². The van der Waals surface area contributed by atoms with E-state index in [2.05, 4.69) is 42.7 Å². The van der Waals surface area contributed by atoms with Crippen molar-refractivity contribution in [2.24, 2.45) is 11.8 Å². The van der Waals surface area contributed by atoms with E-state index in [1.54, 1.807) is 0 Å². The molecule has 1 aliphatic heterocycles. The second-order valence-electron chi connectivity index (χ2n) is 6.55. The van der Waals surface area contributed by atoms with Crippen LogP contribution in [0.2, 0.25) is 0 Å². The summed E-state index contributed by atoms with van der Waals surface area (Å²) in [5, 5.41) is 6.65. The van der Waals surface area contributed by atoms with Crippen LogP contribution >= 0.6 is 0 Å². The van der Waals surface area contributed by atoms with Crippen molar-refractivity contribution < 1.29 is 4.79 Å². The number of amides is 1. The highest BCUT2D eigenvalue weighted by Crippen LogP contribution is 2.42. The molecule has 3 rings (SSSR count). The third-order valence-electron chi connectivity index (χ3n) is 4.92. The fourth-order valence-corrected chi connectivity index (χ4v) is 3.42. The lowest BCUT2D eigenvalue weighted by molar-refractivity contribution is 0.0946. The highest BCUT2D eigenvalue weighted by atomic mass is 16.1. The molecule has 1 amide bonds. The molecule has 0 saturated heterocycles. The van der Waals surface area contributed by atoms with Crippen LogP contribution in [0.5, 0.6) is 0 Å². The minimum absolute atomic E-state index is 0.0893. The fourth-order valence-electron chi connectivity index (χ4n) is 3.42. The standard InChI is InChI=1S/C18H26N2O/c1-3-9-19-17(12(2)13-4-5-13)15-7-6-14-8-10-20-18(21)16(14)11-15/h6-7,11-13,17,19H,3-5,8-10H2,1-2H3,(H,20,21). The molecule has 3 nitrogen and oxygen atoms in total. The fraction of sp³-hybridized carbons (Fsp3) is 0.611. The van der Waals surface area contributed by atoms with Crippen molar-refractivity contribution in [3.63, 3.8) is 0 Å². The van der Waals surface area contributed by atoms with Gasteiger partial charge < -0.3 is 10.6 Å². The Morgan fingerprint density at radius 3 is 2.90 bits per heavy atom. The van der Waals surface area contributed by atoms with Gasteiger partial charge in [0.15, 0.2) is 0 Å². The van der Waals surface area contributed by atoms with Crippen LogP contribution in [0.15, 0.2) is 18.2 Å². The molecule has 1 saturated carbocycles.